The summed E-state index contributed by atoms with van der Waals surface area (Å²) >= 11 is 1.99. The molecular weight excluding hydrogens is 656 g/mol. The normalized spacial score (nSPS) is 16.8. The van der Waals surface area contributed by atoms with Crippen molar-refractivity contribution < 1.29 is 18.7 Å². The summed E-state index contributed by atoms with van der Waals surface area (Å²) < 4.78 is 24.9. The predicted octanol–water partition coefficient (Wildman–Crippen LogP) is 9.41. The summed E-state index contributed by atoms with van der Waals surface area (Å²) in [5, 5.41) is 7.71. The number of hydrogen-bond donors (Lipinski definition) is 2. The van der Waals surface area contributed by atoms with Crippen LogP contribution in [0.2, 0.25) is 0 Å². The van der Waals surface area contributed by atoms with E-state index in [2.05, 4.69) is 122 Å². The van der Waals surface area contributed by atoms with Gasteiger partial charge in [0, 0.05) is 17.5 Å². The third kappa shape index (κ3) is 8.90. The average molecular weight is 703 g/mol. The molecule has 5 aromatic carbocycles. The molecule has 1 aliphatic heterocycles. The first-order chi connectivity index (χ1) is 24.6. The van der Waals surface area contributed by atoms with Crippen molar-refractivity contribution in [3.63, 3.8) is 0 Å². The zero-order valence-corrected chi connectivity index (χ0v) is 30.6. The van der Waals surface area contributed by atoms with Crippen LogP contribution in [0.1, 0.15) is 65.4 Å². The van der Waals surface area contributed by atoms with Crippen LogP contribution < -0.4 is 10.6 Å². The van der Waals surface area contributed by atoms with Crippen molar-refractivity contribution in [3.8, 4) is 0 Å². The quantitative estimate of drug-likeness (QED) is 0.0725. The van der Waals surface area contributed by atoms with Crippen LogP contribution in [-0.2, 0) is 27.1 Å². The second kappa shape index (κ2) is 16.3. The zero-order chi connectivity index (χ0) is 35.8. The highest BCUT2D eigenvalue weighted by atomic mass is 32.2. The molecule has 1 aliphatic rings. The number of aryl methyl sites for hydroxylation is 2. The number of anilines is 1. The Labute approximate surface area is 306 Å². The first-order valence-corrected chi connectivity index (χ1v) is 18.5. The monoisotopic (exact) mass is 702 g/mol. The Hall–Kier alpha value is -4.43. The highest BCUT2D eigenvalue weighted by Crippen LogP contribution is 2.51. The molecule has 3 atom stereocenters. The summed E-state index contributed by atoms with van der Waals surface area (Å²) in [6, 6.07) is 44.7. The Bertz CT molecular complexity index is 1770. The topological polar surface area (TPSA) is 59.6 Å². The molecular formula is C44H47FN2O3S. The van der Waals surface area contributed by atoms with Gasteiger partial charge in [-0.15, -0.1) is 11.8 Å². The predicted molar refractivity (Wildman–Crippen MR) is 207 cm³/mol. The molecule has 6 rings (SSSR count). The van der Waals surface area contributed by atoms with Gasteiger partial charge in [-0.05, 0) is 92.1 Å². The Kier molecular flexibility index (Phi) is 11.6. The maximum absolute atomic E-state index is 13.5. The highest BCUT2D eigenvalue weighted by molar-refractivity contribution is 8.01. The SMILES string of the molecule is COC(=O)c1cc(NC(OC(C)(C)C)[C@@H]2C[C@H](SC(c3ccccc3)(c3ccccc3)c3ccccc3)CN2)ccc1CCc1ccc(F)cc1. The van der Waals surface area contributed by atoms with Gasteiger partial charge in [0.2, 0.25) is 0 Å². The number of carbonyl (C=O) groups excluding carboxylic acids is 1. The van der Waals surface area contributed by atoms with Crippen molar-refractivity contribution in [3.05, 3.63) is 173 Å². The first-order valence-electron chi connectivity index (χ1n) is 17.6. The molecule has 0 bridgehead atoms. The minimum absolute atomic E-state index is 0.00137. The van der Waals surface area contributed by atoms with E-state index in [1.165, 1.54) is 35.9 Å². The van der Waals surface area contributed by atoms with E-state index in [4.69, 9.17) is 9.47 Å². The number of benzene rings is 5. The van der Waals surface area contributed by atoms with Crippen LogP contribution in [0.15, 0.2) is 133 Å². The van der Waals surface area contributed by atoms with E-state index in [1.807, 2.05) is 30.0 Å². The molecule has 0 radical (unpaired) electrons. The Balaban J connectivity index is 1.26. The standard InChI is InChI=1S/C44H47FN2O3S/c1-43(2,3)50-41(47-37-27-24-32(39(28-37)42(48)49-4)23-20-31-21-25-36(45)26-22-31)40-29-38(30-46-40)51-44(33-14-8-5-9-15-33,34-16-10-6-11-17-34)35-18-12-7-13-19-35/h5-19,21-22,24-28,38,40-41,46-47H,20,23,29-30H2,1-4H3/t38-,40-,41?/m0/s1. The van der Waals surface area contributed by atoms with Gasteiger partial charge in [0.05, 0.1) is 29.1 Å². The minimum Gasteiger partial charge on any atom is -0.465 e. The van der Waals surface area contributed by atoms with E-state index in [-0.39, 0.29) is 23.3 Å². The molecule has 1 heterocycles. The van der Waals surface area contributed by atoms with Gasteiger partial charge in [-0.1, -0.05) is 109 Å². The summed E-state index contributed by atoms with van der Waals surface area (Å²) in [7, 11) is 1.40. The molecule has 2 N–H and O–H groups in total. The van der Waals surface area contributed by atoms with Gasteiger partial charge in [0.25, 0.3) is 0 Å². The second-order valence-corrected chi connectivity index (χ2v) is 15.6. The number of halogens is 1. The van der Waals surface area contributed by atoms with Gasteiger partial charge in [0.15, 0.2) is 0 Å². The highest BCUT2D eigenvalue weighted by Gasteiger charge is 2.43. The number of carbonyl (C=O) groups is 1. The Morgan fingerprint density at radius 2 is 1.39 bits per heavy atom. The number of ether oxygens (including phenoxy) is 2. The third-order valence-corrected chi connectivity index (χ3v) is 11.0. The summed E-state index contributed by atoms with van der Waals surface area (Å²) in [5.74, 6) is -0.656. The van der Waals surface area contributed by atoms with Gasteiger partial charge in [-0.2, -0.15) is 0 Å². The molecule has 1 saturated heterocycles. The maximum atomic E-state index is 13.5. The van der Waals surface area contributed by atoms with Crippen LogP contribution in [0.4, 0.5) is 10.1 Å². The van der Waals surface area contributed by atoms with Crippen molar-refractivity contribution >= 4 is 23.4 Å². The summed E-state index contributed by atoms with van der Waals surface area (Å²) in [5.41, 5.74) is 6.46. The summed E-state index contributed by atoms with van der Waals surface area (Å²) in [6.07, 6.45) is 1.79. The van der Waals surface area contributed by atoms with E-state index in [1.54, 1.807) is 12.1 Å². The van der Waals surface area contributed by atoms with Crippen molar-refractivity contribution in [1.29, 1.82) is 0 Å². The number of methoxy groups -OCH3 is 1. The molecule has 51 heavy (non-hydrogen) atoms. The zero-order valence-electron chi connectivity index (χ0n) is 29.8. The minimum atomic E-state index is -0.424. The summed E-state index contributed by atoms with van der Waals surface area (Å²) in [4.78, 5) is 13.0. The van der Waals surface area contributed by atoms with E-state index < -0.39 is 16.3 Å². The molecule has 0 amide bonds. The van der Waals surface area contributed by atoms with Gasteiger partial charge in [-0.3, -0.25) is 0 Å². The molecule has 0 saturated carbocycles. The summed E-state index contributed by atoms with van der Waals surface area (Å²) in [6.45, 7) is 7.00. The molecule has 264 valence electrons. The van der Waals surface area contributed by atoms with Gasteiger partial charge >= 0.3 is 5.97 Å². The fourth-order valence-corrected chi connectivity index (χ4v) is 8.70. The van der Waals surface area contributed by atoms with Crippen LogP contribution in [0, 0.1) is 5.82 Å². The van der Waals surface area contributed by atoms with Crippen LogP contribution in [0.3, 0.4) is 0 Å². The van der Waals surface area contributed by atoms with Crippen molar-refractivity contribution in [2.75, 3.05) is 19.0 Å². The lowest BCUT2D eigenvalue weighted by atomic mass is 9.84. The van der Waals surface area contributed by atoms with Gasteiger partial charge < -0.3 is 20.1 Å². The fourth-order valence-electron chi connectivity index (χ4n) is 6.90. The fraction of sp³-hybridized carbons (Fsp3) is 0.295. The molecule has 5 nitrogen and oxygen atoms in total. The molecule has 5 aromatic rings. The first kappa shape index (κ1) is 36.4. The number of thioether (sulfide) groups is 1. The second-order valence-electron chi connectivity index (χ2n) is 14.1. The molecule has 1 fully saturated rings. The molecule has 0 aliphatic carbocycles. The number of hydrogen-bond acceptors (Lipinski definition) is 6. The molecule has 0 aromatic heterocycles. The number of rotatable bonds is 13. The average Bonchev–Trinajstić information content (AvgIpc) is 3.62. The Morgan fingerprint density at radius 3 is 1.92 bits per heavy atom. The lowest BCUT2D eigenvalue weighted by molar-refractivity contribution is -0.0592. The van der Waals surface area contributed by atoms with E-state index >= 15 is 0 Å². The van der Waals surface area contributed by atoms with Crippen molar-refractivity contribution in [1.82, 2.24) is 5.32 Å². The number of esters is 1. The van der Waals surface area contributed by atoms with Crippen LogP contribution >= 0.6 is 11.8 Å². The lowest BCUT2D eigenvalue weighted by Gasteiger charge is -2.37. The molecule has 1 unspecified atom stereocenters. The smallest absolute Gasteiger partial charge is 0.338 e. The largest absolute Gasteiger partial charge is 0.465 e. The van der Waals surface area contributed by atoms with E-state index in [9.17, 15) is 9.18 Å². The van der Waals surface area contributed by atoms with Gasteiger partial charge in [0.1, 0.15) is 12.0 Å². The van der Waals surface area contributed by atoms with E-state index in [0.29, 0.717) is 18.4 Å². The van der Waals surface area contributed by atoms with Gasteiger partial charge in [-0.25, -0.2) is 9.18 Å². The van der Waals surface area contributed by atoms with Crippen LogP contribution in [-0.4, -0.2) is 42.7 Å². The number of nitrogens with one attached hydrogen (secondary N) is 2. The third-order valence-electron chi connectivity index (χ3n) is 9.28. The lowest BCUT2D eigenvalue weighted by Crippen LogP contribution is -2.46. The molecule has 0 spiro atoms. The van der Waals surface area contributed by atoms with Crippen molar-refractivity contribution in [2.45, 2.75) is 67.9 Å². The van der Waals surface area contributed by atoms with Crippen molar-refractivity contribution in [2.24, 2.45) is 0 Å². The van der Waals surface area contributed by atoms with Crippen LogP contribution in [0.5, 0.6) is 0 Å². The van der Waals surface area contributed by atoms with Crippen LogP contribution in [0.25, 0.3) is 0 Å². The van der Waals surface area contributed by atoms with E-state index in [0.717, 1.165) is 29.8 Å². The molecule has 7 heteroatoms. The maximum Gasteiger partial charge on any atom is 0.338 e. The Morgan fingerprint density at radius 1 is 0.824 bits per heavy atom.